The summed E-state index contributed by atoms with van der Waals surface area (Å²) < 4.78 is 27.9. The maximum Gasteiger partial charge on any atom is 0.346 e. The van der Waals surface area contributed by atoms with Gasteiger partial charge in [0.05, 0.1) is 36.3 Å². The van der Waals surface area contributed by atoms with Crippen molar-refractivity contribution in [2.45, 2.75) is 51.5 Å². The molecule has 1 N–H and O–H groups in total. The van der Waals surface area contributed by atoms with Crippen LogP contribution < -0.4 is 4.74 Å². The highest BCUT2D eigenvalue weighted by Gasteiger charge is 2.30. The normalized spacial score (nSPS) is 21.0. The van der Waals surface area contributed by atoms with E-state index in [1.54, 1.807) is 24.3 Å². The average molecular weight is 576 g/mol. The molecule has 0 radical (unpaired) electrons. The molecule has 0 aliphatic carbocycles. The quantitative estimate of drug-likeness (QED) is 0.290. The molecule has 0 saturated carbocycles. The Balaban J connectivity index is 1.11. The monoisotopic (exact) mass is 575 g/mol. The minimum atomic E-state index is -0.929. The van der Waals surface area contributed by atoms with Crippen LogP contribution in [0.5, 0.6) is 5.88 Å². The number of nitrogens with zero attached hydrogens (tertiary/aromatic N) is 5. The number of likely N-dealkylation sites (tertiary alicyclic amines) is 1. The highest BCUT2D eigenvalue weighted by molar-refractivity contribution is 7.20. The topological polar surface area (TPSA) is 114 Å². The largest absolute Gasteiger partial charge is 0.477 e. The zero-order valence-electron chi connectivity index (χ0n) is 22.6. The number of fused-ring (bicyclic) bond motifs is 1. The van der Waals surface area contributed by atoms with Gasteiger partial charge in [0.2, 0.25) is 5.88 Å². The zero-order valence-corrected chi connectivity index (χ0v) is 23.4. The molecule has 1 unspecified atom stereocenters. The molecule has 4 aromatic rings. The van der Waals surface area contributed by atoms with Gasteiger partial charge in [0, 0.05) is 36.4 Å². The van der Waals surface area contributed by atoms with Crippen LogP contribution in [0.1, 0.15) is 58.0 Å². The van der Waals surface area contributed by atoms with Crippen molar-refractivity contribution in [2.24, 2.45) is 5.92 Å². The summed E-state index contributed by atoms with van der Waals surface area (Å²) >= 11 is 1.21. The maximum atomic E-state index is 14.3. The Morgan fingerprint density at radius 1 is 1.27 bits per heavy atom. The van der Waals surface area contributed by atoms with E-state index in [0.717, 1.165) is 54.4 Å². The number of ether oxygens (including phenoxy) is 2. The van der Waals surface area contributed by atoms with Crippen molar-refractivity contribution < 1.29 is 23.8 Å². The second kappa shape index (κ2) is 11.6. The Morgan fingerprint density at radius 3 is 2.83 bits per heavy atom. The molecular formula is C30H30FN5O4S. The number of carboxylic acids is 1. The van der Waals surface area contributed by atoms with E-state index in [0.29, 0.717) is 35.3 Å². The van der Waals surface area contributed by atoms with E-state index in [1.807, 2.05) is 18.2 Å². The van der Waals surface area contributed by atoms with Crippen molar-refractivity contribution in [1.29, 1.82) is 5.26 Å². The lowest BCUT2D eigenvalue weighted by Gasteiger charge is -2.36. The smallest absolute Gasteiger partial charge is 0.346 e. The summed E-state index contributed by atoms with van der Waals surface area (Å²) in [4.78, 5) is 24.6. The van der Waals surface area contributed by atoms with Crippen LogP contribution in [0.2, 0.25) is 0 Å². The van der Waals surface area contributed by atoms with Gasteiger partial charge in [0.15, 0.2) is 0 Å². The van der Waals surface area contributed by atoms with Crippen molar-refractivity contribution in [3.8, 4) is 11.9 Å². The number of carbonyl (C=O) groups is 1. The van der Waals surface area contributed by atoms with Crippen molar-refractivity contribution in [3.05, 3.63) is 75.8 Å². The second-order valence-electron chi connectivity index (χ2n) is 10.7. The third-order valence-electron chi connectivity index (χ3n) is 7.95. The molecule has 2 saturated heterocycles. The van der Waals surface area contributed by atoms with Crippen LogP contribution in [0.25, 0.3) is 10.3 Å². The average Bonchev–Trinajstić information content (AvgIpc) is 3.48. The van der Waals surface area contributed by atoms with E-state index in [2.05, 4.69) is 16.4 Å². The highest BCUT2D eigenvalue weighted by Crippen LogP contribution is 2.34. The molecule has 3 aromatic heterocycles. The molecule has 1 aromatic carbocycles. The first-order chi connectivity index (χ1) is 19.9. The zero-order chi connectivity index (χ0) is 28.5. The highest BCUT2D eigenvalue weighted by atomic mass is 32.1. The summed E-state index contributed by atoms with van der Waals surface area (Å²) in [6.07, 6.45) is 2.06. The van der Waals surface area contributed by atoms with Crippen LogP contribution in [-0.4, -0.2) is 56.3 Å². The minimum absolute atomic E-state index is 0.0337. The molecule has 2 fully saturated rings. The fourth-order valence-electron chi connectivity index (χ4n) is 5.64. The van der Waals surface area contributed by atoms with Gasteiger partial charge in [-0.3, -0.25) is 4.90 Å². The Labute approximate surface area is 240 Å². The standard InChI is InChI=1S/C30H30FN5O4S/c1-18-14-35(16-27-34-29-25(12-26(41-29)30(37)38)36(27)15-21-8-10-39-21)9-7-22(18)24-3-2-4-28(33-24)40-17-20-6-5-19(13-32)11-23(20)31/h2-6,11-12,18,21-22H,7-10,14-17H2,1H3,(H,37,38)/t18-,21+,22?/m1/s1. The van der Waals surface area contributed by atoms with Crippen LogP contribution in [-0.2, 0) is 24.4 Å². The number of aromatic nitrogens is 3. The van der Waals surface area contributed by atoms with Gasteiger partial charge in [0.25, 0.3) is 0 Å². The van der Waals surface area contributed by atoms with Crippen LogP contribution in [0.15, 0.2) is 42.5 Å². The van der Waals surface area contributed by atoms with Crippen molar-refractivity contribution >= 4 is 27.7 Å². The number of aromatic carboxylic acids is 1. The van der Waals surface area contributed by atoms with E-state index < -0.39 is 11.8 Å². The molecule has 2 aliphatic rings. The Kier molecular flexibility index (Phi) is 7.71. The van der Waals surface area contributed by atoms with Gasteiger partial charge in [-0.25, -0.2) is 19.2 Å². The number of thiophene rings is 1. The second-order valence-corrected chi connectivity index (χ2v) is 11.8. The summed E-state index contributed by atoms with van der Waals surface area (Å²) in [6.45, 7) is 6.13. The Hall–Kier alpha value is -3.85. The number of hydrogen-bond donors (Lipinski definition) is 1. The van der Waals surface area contributed by atoms with Crippen molar-refractivity contribution in [2.75, 3.05) is 19.7 Å². The summed E-state index contributed by atoms with van der Waals surface area (Å²) in [5.74, 6) is 0.576. The van der Waals surface area contributed by atoms with Crippen molar-refractivity contribution in [3.63, 3.8) is 0 Å². The van der Waals surface area contributed by atoms with E-state index in [9.17, 15) is 14.3 Å². The number of piperidine rings is 1. The lowest BCUT2D eigenvalue weighted by molar-refractivity contribution is -0.0592. The van der Waals surface area contributed by atoms with Gasteiger partial charge in [0.1, 0.15) is 28.0 Å². The lowest BCUT2D eigenvalue weighted by Crippen LogP contribution is -2.39. The van der Waals surface area contributed by atoms with E-state index >= 15 is 0 Å². The minimum Gasteiger partial charge on any atom is -0.477 e. The molecule has 5 heterocycles. The predicted octanol–water partition coefficient (Wildman–Crippen LogP) is 5.20. The molecule has 3 atom stereocenters. The summed E-state index contributed by atoms with van der Waals surface area (Å²) in [5, 5.41) is 18.4. The molecule has 212 valence electrons. The fraction of sp³-hybridized carbons (Fsp3) is 0.400. The van der Waals surface area contributed by atoms with Gasteiger partial charge in [-0.05, 0) is 49.6 Å². The number of imidazole rings is 1. The molecule has 0 amide bonds. The summed E-state index contributed by atoms with van der Waals surface area (Å²) in [6, 6.07) is 13.7. The summed E-state index contributed by atoms with van der Waals surface area (Å²) in [5.41, 5.74) is 2.47. The Morgan fingerprint density at radius 2 is 2.12 bits per heavy atom. The molecule has 9 nitrogen and oxygen atoms in total. The molecule has 0 bridgehead atoms. The molecule has 11 heteroatoms. The first kappa shape index (κ1) is 27.3. The number of rotatable bonds is 9. The summed E-state index contributed by atoms with van der Waals surface area (Å²) in [7, 11) is 0. The predicted molar refractivity (Wildman–Crippen MR) is 150 cm³/mol. The van der Waals surface area contributed by atoms with Crippen LogP contribution in [0.4, 0.5) is 4.39 Å². The first-order valence-corrected chi connectivity index (χ1v) is 14.5. The molecule has 41 heavy (non-hydrogen) atoms. The molecule has 0 spiro atoms. The molecular weight excluding hydrogens is 545 g/mol. The number of nitriles is 1. The lowest BCUT2D eigenvalue weighted by atomic mass is 9.84. The van der Waals surface area contributed by atoms with Crippen LogP contribution in [0, 0.1) is 23.1 Å². The van der Waals surface area contributed by atoms with Gasteiger partial charge >= 0.3 is 5.97 Å². The maximum absolute atomic E-state index is 14.3. The van der Waals surface area contributed by atoms with Crippen LogP contribution in [0.3, 0.4) is 0 Å². The molecule has 6 rings (SSSR count). The number of carboxylic acid groups (broad SMARTS) is 1. The van der Waals surface area contributed by atoms with E-state index in [-0.39, 0.29) is 24.2 Å². The number of benzene rings is 1. The van der Waals surface area contributed by atoms with Gasteiger partial charge in [-0.1, -0.05) is 19.1 Å². The van der Waals surface area contributed by atoms with Gasteiger partial charge in [-0.2, -0.15) is 5.26 Å². The SMILES string of the molecule is C[C@@H]1CN(Cc2nc3sc(C(=O)O)cc3n2C[C@@H]2CCO2)CCC1c1cccc(OCc2ccc(C#N)cc2F)n1. The number of pyridine rings is 1. The molecule has 2 aliphatic heterocycles. The fourth-order valence-corrected chi connectivity index (χ4v) is 6.53. The van der Waals surface area contributed by atoms with E-state index in [1.165, 1.54) is 17.4 Å². The number of hydrogen-bond acceptors (Lipinski definition) is 8. The number of halogens is 1. The first-order valence-electron chi connectivity index (χ1n) is 13.7. The third-order valence-corrected chi connectivity index (χ3v) is 8.96. The van der Waals surface area contributed by atoms with Gasteiger partial charge in [-0.15, -0.1) is 11.3 Å². The van der Waals surface area contributed by atoms with E-state index in [4.69, 9.17) is 24.7 Å². The van der Waals surface area contributed by atoms with Gasteiger partial charge < -0.3 is 19.1 Å². The van der Waals surface area contributed by atoms with Crippen LogP contribution >= 0.6 is 11.3 Å². The third kappa shape index (κ3) is 5.81. The van der Waals surface area contributed by atoms with Crippen molar-refractivity contribution in [1.82, 2.24) is 19.4 Å². The Bertz CT molecular complexity index is 1620.